The lowest BCUT2D eigenvalue weighted by molar-refractivity contribution is -0.141. The number of amides is 1. The Balaban J connectivity index is 1.87. The number of carbonyl (C=O) groups is 3. The number of carboxylic acid groups (broad SMARTS) is 1. The lowest BCUT2D eigenvalue weighted by atomic mass is 10.0. The standard InChI is InChI=1S/C22H25NO6/c1-22(2,3)29-21(27)23-18(20(25)26)14-28-13-15-9-11-17(12-10-15)19(24)16-7-5-4-6-8-16/h4-12,18H,13-14H2,1-3H3,(H,23,27)(H,25,26)/t18-/m0/s1. The molecule has 1 atom stereocenters. The molecule has 0 unspecified atom stereocenters. The number of rotatable bonds is 8. The number of benzene rings is 2. The molecular formula is C22H25NO6. The van der Waals surface area contributed by atoms with Crippen molar-refractivity contribution in [2.75, 3.05) is 6.61 Å². The predicted molar refractivity (Wildman–Crippen MR) is 107 cm³/mol. The topological polar surface area (TPSA) is 102 Å². The third-order valence-electron chi connectivity index (χ3n) is 3.79. The number of ketones is 1. The highest BCUT2D eigenvalue weighted by molar-refractivity contribution is 6.08. The van der Waals surface area contributed by atoms with Crippen LogP contribution in [0.15, 0.2) is 54.6 Å². The molecule has 7 nitrogen and oxygen atoms in total. The summed E-state index contributed by atoms with van der Waals surface area (Å²) in [7, 11) is 0. The third kappa shape index (κ3) is 7.38. The van der Waals surface area contributed by atoms with Gasteiger partial charge in [-0.15, -0.1) is 0 Å². The van der Waals surface area contributed by atoms with Gasteiger partial charge in [0.2, 0.25) is 0 Å². The summed E-state index contributed by atoms with van der Waals surface area (Å²) >= 11 is 0. The first-order valence-corrected chi connectivity index (χ1v) is 9.14. The van der Waals surface area contributed by atoms with E-state index in [4.69, 9.17) is 9.47 Å². The summed E-state index contributed by atoms with van der Waals surface area (Å²) in [5.74, 6) is -1.30. The van der Waals surface area contributed by atoms with Gasteiger partial charge >= 0.3 is 12.1 Å². The normalized spacial score (nSPS) is 12.1. The first kappa shape index (κ1) is 22.1. The Labute approximate surface area is 169 Å². The highest BCUT2D eigenvalue weighted by Crippen LogP contribution is 2.12. The van der Waals surface area contributed by atoms with E-state index in [1.54, 1.807) is 69.3 Å². The summed E-state index contributed by atoms with van der Waals surface area (Å²) in [5, 5.41) is 11.5. The zero-order valence-corrected chi connectivity index (χ0v) is 16.7. The van der Waals surface area contributed by atoms with Crippen molar-refractivity contribution < 1.29 is 29.0 Å². The van der Waals surface area contributed by atoms with Crippen LogP contribution in [0.3, 0.4) is 0 Å². The number of carboxylic acids is 1. The van der Waals surface area contributed by atoms with Crippen LogP contribution in [0.2, 0.25) is 0 Å². The third-order valence-corrected chi connectivity index (χ3v) is 3.79. The fourth-order valence-corrected chi connectivity index (χ4v) is 2.43. The van der Waals surface area contributed by atoms with Crippen LogP contribution < -0.4 is 5.32 Å². The maximum absolute atomic E-state index is 12.4. The lowest BCUT2D eigenvalue weighted by Crippen LogP contribution is -2.46. The molecule has 0 radical (unpaired) electrons. The van der Waals surface area contributed by atoms with Gasteiger partial charge < -0.3 is 19.9 Å². The van der Waals surface area contributed by atoms with Crippen molar-refractivity contribution >= 4 is 17.8 Å². The van der Waals surface area contributed by atoms with Crippen molar-refractivity contribution in [3.05, 3.63) is 71.3 Å². The van der Waals surface area contributed by atoms with E-state index < -0.39 is 23.7 Å². The predicted octanol–water partition coefficient (Wildman–Crippen LogP) is 3.41. The van der Waals surface area contributed by atoms with Crippen molar-refractivity contribution in [2.45, 2.75) is 39.0 Å². The monoisotopic (exact) mass is 399 g/mol. The van der Waals surface area contributed by atoms with E-state index >= 15 is 0 Å². The van der Waals surface area contributed by atoms with E-state index in [1.165, 1.54) is 0 Å². The zero-order chi connectivity index (χ0) is 21.4. The van der Waals surface area contributed by atoms with Crippen LogP contribution in [-0.4, -0.2) is 41.2 Å². The molecule has 2 rings (SSSR count). The highest BCUT2D eigenvalue weighted by Gasteiger charge is 2.24. The first-order valence-electron chi connectivity index (χ1n) is 9.14. The van der Waals surface area contributed by atoms with Gasteiger partial charge in [-0.05, 0) is 26.3 Å². The van der Waals surface area contributed by atoms with E-state index in [-0.39, 0.29) is 19.0 Å². The molecule has 0 aliphatic rings. The molecule has 0 heterocycles. The van der Waals surface area contributed by atoms with E-state index in [9.17, 15) is 19.5 Å². The maximum atomic E-state index is 12.4. The Morgan fingerprint density at radius 3 is 2.10 bits per heavy atom. The van der Waals surface area contributed by atoms with E-state index in [0.29, 0.717) is 11.1 Å². The Morgan fingerprint density at radius 2 is 1.55 bits per heavy atom. The SMILES string of the molecule is CC(C)(C)OC(=O)N[C@@H](COCc1ccc(C(=O)c2ccccc2)cc1)C(=O)O. The Bertz CT molecular complexity index is 840. The Morgan fingerprint density at radius 1 is 0.966 bits per heavy atom. The van der Waals surface area contributed by atoms with Gasteiger partial charge in [-0.1, -0.05) is 54.6 Å². The molecule has 7 heteroatoms. The lowest BCUT2D eigenvalue weighted by Gasteiger charge is -2.22. The number of hydrogen-bond acceptors (Lipinski definition) is 5. The minimum Gasteiger partial charge on any atom is -0.480 e. The van der Waals surface area contributed by atoms with Crippen LogP contribution in [0.5, 0.6) is 0 Å². The largest absolute Gasteiger partial charge is 0.480 e. The van der Waals surface area contributed by atoms with Gasteiger partial charge in [-0.2, -0.15) is 0 Å². The summed E-state index contributed by atoms with van der Waals surface area (Å²) in [5.41, 5.74) is 1.20. The quantitative estimate of drug-likeness (QED) is 0.660. The molecule has 1 amide bonds. The van der Waals surface area contributed by atoms with Crippen molar-refractivity contribution in [3.8, 4) is 0 Å². The van der Waals surface area contributed by atoms with Crippen LogP contribution >= 0.6 is 0 Å². The molecule has 2 N–H and O–H groups in total. The molecule has 0 spiro atoms. The molecule has 29 heavy (non-hydrogen) atoms. The molecule has 0 bridgehead atoms. The smallest absolute Gasteiger partial charge is 0.408 e. The van der Waals surface area contributed by atoms with Crippen molar-refractivity contribution in [1.29, 1.82) is 0 Å². The second-order valence-electron chi connectivity index (χ2n) is 7.44. The minimum absolute atomic E-state index is 0.0782. The van der Waals surface area contributed by atoms with E-state index in [1.807, 2.05) is 6.07 Å². The van der Waals surface area contributed by atoms with Crippen molar-refractivity contribution in [1.82, 2.24) is 5.32 Å². The number of aliphatic carboxylic acids is 1. The molecule has 0 saturated heterocycles. The van der Waals surface area contributed by atoms with Crippen molar-refractivity contribution in [3.63, 3.8) is 0 Å². The van der Waals surface area contributed by atoms with Crippen molar-refractivity contribution in [2.24, 2.45) is 0 Å². The molecule has 2 aromatic rings. The number of carbonyl (C=O) groups excluding carboxylic acids is 2. The highest BCUT2D eigenvalue weighted by atomic mass is 16.6. The van der Waals surface area contributed by atoms with Crippen LogP contribution in [0, 0.1) is 0 Å². The molecule has 0 aliphatic heterocycles. The Hall–Kier alpha value is -3.19. The number of hydrogen-bond donors (Lipinski definition) is 2. The molecule has 2 aromatic carbocycles. The summed E-state index contributed by atoms with van der Waals surface area (Å²) in [6.45, 7) is 4.97. The second kappa shape index (κ2) is 9.84. The fraction of sp³-hybridized carbons (Fsp3) is 0.318. The van der Waals surface area contributed by atoms with E-state index in [0.717, 1.165) is 5.56 Å². The van der Waals surface area contributed by atoms with E-state index in [2.05, 4.69) is 5.32 Å². The van der Waals surface area contributed by atoms with Crippen LogP contribution in [0.1, 0.15) is 42.3 Å². The van der Waals surface area contributed by atoms with Gasteiger partial charge in [0.15, 0.2) is 11.8 Å². The molecule has 0 saturated carbocycles. The second-order valence-corrected chi connectivity index (χ2v) is 7.44. The Kier molecular flexibility index (Phi) is 7.50. The average Bonchev–Trinajstić information content (AvgIpc) is 2.66. The summed E-state index contributed by atoms with van der Waals surface area (Å²) in [4.78, 5) is 35.4. The van der Waals surface area contributed by atoms with Gasteiger partial charge in [-0.25, -0.2) is 9.59 Å². The zero-order valence-electron chi connectivity index (χ0n) is 16.7. The number of nitrogens with one attached hydrogen (secondary N) is 1. The van der Waals surface area contributed by atoms with Gasteiger partial charge in [0.05, 0.1) is 13.2 Å². The number of ether oxygens (including phenoxy) is 2. The summed E-state index contributed by atoms with van der Waals surface area (Å²) < 4.78 is 10.5. The molecule has 154 valence electrons. The molecule has 0 aromatic heterocycles. The summed E-state index contributed by atoms with van der Waals surface area (Å²) in [6, 6.07) is 14.6. The molecule has 0 aliphatic carbocycles. The fourth-order valence-electron chi connectivity index (χ4n) is 2.43. The first-order chi connectivity index (χ1) is 13.7. The minimum atomic E-state index is -1.23. The van der Waals surface area contributed by atoms with Gasteiger partial charge in [0, 0.05) is 11.1 Å². The van der Waals surface area contributed by atoms with Gasteiger partial charge in [-0.3, -0.25) is 4.79 Å². The number of alkyl carbamates (subject to hydrolysis) is 1. The average molecular weight is 399 g/mol. The molecular weight excluding hydrogens is 374 g/mol. The molecule has 0 fully saturated rings. The maximum Gasteiger partial charge on any atom is 0.408 e. The van der Waals surface area contributed by atoms with Gasteiger partial charge in [0.25, 0.3) is 0 Å². The summed E-state index contributed by atoms with van der Waals surface area (Å²) in [6.07, 6.45) is -0.822. The van der Waals surface area contributed by atoms with Crippen LogP contribution in [0.4, 0.5) is 4.79 Å². The van der Waals surface area contributed by atoms with Gasteiger partial charge in [0.1, 0.15) is 5.60 Å². The van der Waals surface area contributed by atoms with Crippen LogP contribution in [0.25, 0.3) is 0 Å². The van der Waals surface area contributed by atoms with Crippen LogP contribution in [-0.2, 0) is 20.9 Å².